The molecule has 1 aromatic rings. The summed E-state index contributed by atoms with van der Waals surface area (Å²) in [6.07, 6.45) is 0. The molecule has 0 saturated carbocycles. The Labute approximate surface area is 113 Å². The van der Waals surface area contributed by atoms with Crippen molar-refractivity contribution in [3.63, 3.8) is 0 Å². The molecule has 0 aromatic heterocycles. The van der Waals surface area contributed by atoms with E-state index in [1.54, 1.807) is 12.1 Å². The van der Waals surface area contributed by atoms with E-state index in [1.807, 2.05) is 6.92 Å². The molecule has 1 amide bonds. The van der Waals surface area contributed by atoms with E-state index in [0.717, 1.165) is 0 Å². The molecule has 1 rings (SSSR count). The summed E-state index contributed by atoms with van der Waals surface area (Å²) in [5.41, 5.74) is 0. The smallest absolute Gasteiger partial charge is 0.241 e. The summed E-state index contributed by atoms with van der Waals surface area (Å²) in [5.74, 6) is 0.204. The Morgan fingerprint density at radius 1 is 1.32 bits per heavy atom. The molecule has 0 fully saturated rings. The number of amides is 1. The number of carbonyl (C=O) groups is 1. The van der Waals surface area contributed by atoms with Crippen LogP contribution in [0.1, 0.15) is 13.8 Å². The summed E-state index contributed by atoms with van der Waals surface area (Å²) in [4.78, 5) is 11.4. The van der Waals surface area contributed by atoms with Gasteiger partial charge in [-0.1, -0.05) is 0 Å². The Hall–Kier alpha value is -1.60. The number of likely N-dealkylation sites (N-methyl/N-ethyl adjacent to an activating group) is 1. The third-order valence-electron chi connectivity index (χ3n) is 2.42. The van der Waals surface area contributed by atoms with Gasteiger partial charge in [0.15, 0.2) is 0 Å². The van der Waals surface area contributed by atoms with Crippen LogP contribution in [0.3, 0.4) is 0 Å². The molecule has 0 radical (unpaired) electrons. The van der Waals surface area contributed by atoms with Crippen molar-refractivity contribution >= 4 is 15.9 Å². The predicted molar refractivity (Wildman–Crippen MR) is 71.5 cm³/mol. The van der Waals surface area contributed by atoms with Gasteiger partial charge in [-0.25, -0.2) is 8.42 Å². The number of hydrogen-bond donors (Lipinski definition) is 2. The predicted octanol–water partition coefficient (Wildman–Crippen LogP) is 0.498. The molecule has 0 aliphatic rings. The number of nitrogens with one attached hydrogen (secondary N) is 2. The first-order valence-corrected chi connectivity index (χ1v) is 7.35. The van der Waals surface area contributed by atoms with E-state index in [9.17, 15) is 13.2 Å². The molecule has 0 bridgehead atoms. The number of benzene rings is 1. The van der Waals surface area contributed by atoms with Crippen LogP contribution >= 0.6 is 0 Å². The highest BCUT2D eigenvalue weighted by molar-refractivity contribution is 7.89. The first-order valence-electron chi connectivity index (χ1n) is 5.87. The van der Waals surface area contributed by atoms with Crippen LogP contribution in [0.15, 0.2) is 29.2 Å². The van der Waals surface area contributed by atoms with Gasteiger partial charge in [-0.05, 0) is 38.1 Å². The summed E-state index contributed by atoms with van der Waals surface area (Å²) in [6, 6.07) is 5.18. The van der Waals surface area contributed by atoms with E-state index < -0.39 is 22.0 Å². The standard InChI is InChI=1S/C12H18N2O4S/c1-4-18-10-5-7-11(8-6-10)19(16,17)14-9(2)12(15)13-3/h5-9,14H,4H2,1-3H3,(H,13,15)/t9-/m0/s1. The van der Waals surface area contributed by atoms with Crippen LogP contribution in [0.2, 0.25) is 0 Å². The number of rotatable bonds is 6. The minimum absolute atomic E-state index is 0.0895. The van der Waals surface area contributed by atoms with Crippen molar-refractivity contribution in [3.05, 3.63) is 24.3 Å². The topological polar surface area (TPSA) is 84.5 Å². The lowest BCUT2D eigenvalue weighted by molar-refractivity contribution is -0.121. The first-order chi connectivity index (χ1) is 8.90. The molecule has 1 atom stereocenters. The highest BCUT2D eigenvalue weighted by Gasteiger charge is 2.21. The molecule has 6 nitrogen and oxygen atoms in total. The largest absolute Gasteiger partial charge is 0.494 e. The van der Waals surface area contributed by atoms with Gasteiger partial charge >= 0.3 is 0 Å². The molecule has 7 heteroatoms. The average molecular weight is 286 g/mol. The van der Waals surface area contributed by atoms with E-state index in [2.05, 4.69) is 10.0 Å². The molecule has 1 aromatic carbocycles. The van der Waals surface area contributed by atoms with E-state index in [-0.39, 0.29) is 4.90 Å². The fourth-order valence-corrected chi connectivity index (χ4v) is 2.66. The molecule has 0 saturated heterocycles. The molecule has 0 unspecified atom stereocenters. The maximum absolute atomic E-state index is 12.0. The van der Waals surface area contributed by atoms with Gasteiger partial charge in [-0.3, -0.25) is 4.79 Å². The zero-order valence-electron chi connectivity index (χ0n) is 11.1. The number of hydrogen-bond acceptors (Lipinski definition) is 4. The van der Waals surface area contributed by atoms with E-state index in [0.29, 0.717) is 12.4 Å². The zero-order valence-corrected chi connectivity index (χ0v) is 12.0. The Balaban J connectivity index is 2.85. The highest BCUT2D eigenvalue weighted by atomic mass is 32.2. The van der Waals surface area contributed by atoms with Crippen molar-refractivity contribution in [1.29, 1.82) is 0 Å². The lowest BCUT2D eigenvalue weighted by Crippen LogP contribution is -2.43. The van der Waals surface area contributed by atoms with Crippen molar-refractivity contribution in [2.45, 2.75) is 24.8 Å². The Kier molecular flexibility index (Phi) is 5.31. The summed E-state index contributed by atoms with van der Waals surface area (Å²) in [7, 11) is -2.26. The van der Waals surface area contributed by atoms with Gasteiger partial charge in [0.1, 0.15) is 5.75 Å². The lowest BCUT2D eigenvalue weighted by Gasteiger charge is -2.13. The Bertz CT molecular complexity index is 525. The quantitative estimate of drug-likeness (QED) is 0.797. The second-order valence-electron chi connectivity index (χ2n) is 3.86. The van der Waals surface area contributed by atoms with Crippen molar-refractivity contribution in [1.82, 2.24) is 10.0 Å². The summed E-state index contributed by atoms with van der Waals surface area (Å²) >= 11 is 0. The van der Waals surface area contributed by atoms with Gasteiger partial charge in [-0.2, -0.15) is 4.72 Å². The van der Waals surface area contributed by atoms with Crippen molar-refractivity contribution in [2.24, 2.45) is 0 Å². The van der Waals surface area contributed by atoms with E-state index >= 15 is 0 Å². The van der Waals surface area contributed by atoms with E-state index in [4.69, 9.17) is 4.74 Å². The molecular weight excluding hydrogens is 268 g/mol. The summed E-state index contributed by atoms with van der Waals surface area (Å²) in [6.45, 7) is 3.83. The fraction of sp³-hybridized carbons (Fsp3) is 0.417. The lowest BCUT2D eigenvalue weighted by atomic mass is 10.3. The molecule has 2 N–H and O–H groups in total. The third-order valence-corrected chi connectivity index (χ3v) is 3.97. The number of ether oxygens (including phenoxy) is 1. The zero-order chi connectivity index (χ0) is 14.5. The monoisotopic (exact) mass is 286 g/mol. The van der Waals surface area contributed by atoms with Gasteiger partial charge in [0.2, 0.25) is 15.9 Å². The van der Waals surface area contributed by atoms with Crippen molar-refractivity contribution in [2.75, 3.05) is 13.7 Å². The normalized spacial score (nSPS) is 12.8. The molecular formula is C12H18N2O4S. The highest BCUT2D eigenvalue weighted by Crippen LogP contribution is 2.16. The van der Waals surface area contributed by atoms with Crippen LogP contribution in [0, 0.1) is 0 Å². The maximum atomic E-state index is 12.0. The minimum atomic E-state index is -3.71. The summed E-state index contributed by atoms with van der Waals surface area (Å²) < 4.78 is 31.5. The third kappa shape index (κ3) is 4.22. The Morgan fingerprint density at radius 2 is 1.89 bits per heavy atom. The average Bonchev–Trinajstić information content (AvgIpc) is 2.38. The van der Waals surface area contributed by atoms with Crippen LogP contribution in [0.25, 0.3) is 0 Å². The van der Waals surface area contributed by atoms with Gasteiger partial charge < -0.3 is 10.1 Å². The molecule has 19 heavy (non-hydrogen) atoms. The maximum Gasteiger partial charge on any atom is 0.241 e. The van der Waals surface area contributed by atoms with Crippen molar-refractivity contribution < 1.29 is 17.9 Å². The van der Waals surface area contributed by atoms with Crippen LogP contribution < -0.4 is 14.8 Å². The van der Waals surface area contributed by atoms with Gasteiger partial charge in [0.25, 0.3) is 0 Å². The fourth-order valence-electron chi connectivity index (χ4n) is 1.45. The molecule has 0 spiro atoms. The van der Waals surface area contributed by atoms with Crippen LogP contribution in [-0.2, 0) is 14.8 Å². The Morgan fingerprint density at radius 3 is 2.37 bits per heavy atom. The van der Waals surface area contributed by atoms with Crippen molar-refractivity contribution in [3.8, 4) is 5.75 Å². The second kappa shape index (κ2) is 6.53. The van der Waals surface area contributed by atoms with Gasteiger partial charge in [0.05, 0.1) is 17.5 Å². The minimum Gasteiger partial charge on any atom is -0.494 e. The number of carbonyl (C=O) groups excluding carboxylic acids is 1. The molecule has 0 heterocycles. The SMILES string of the molecule is CCOc1ccc(S(=O)(=O)N[C@@H](C)C(=O)NC)cc1. The molecule has 106 valence electrons. The van der Waals surface area contributed by atoms with Gasteiger partial charge in [-0.15, -0.1) is 0 Å². The first kappa shape index (κ1) is 15.5. The van der Waals surface area contributed by atoms with Crippen LogP contribution in [0.5, 0.6) is 5.75 Å². The molecule has 0 aliphatic heterocycles. The molecule has 0 aliphatic carbocycles. The van der Waals surface area contributed by atoms with Crippen LogP contribution in [-0.4, -0.2) is 34.0 Å². The number of sulfonamides is 1. The second-order valence-corrected chi connectivity index (χ2v) is 5.58. The van der Waals surface area contributed by atoms with E-state index in [1.165, 1.54) is 26.1 Å². The van der Waals surface area contributed by atoms with Crippen LogP contribution in [0.4, 0.5) is 0 Å². The summed E-state index contributed by atoms with van der Waals surface area (Å²) in [5, 5.41) is 2.38. The van der Waals surface area contributed by atoms with Gasteiger partial charge in [0, 0.05) is 7.05 Å².